The maximum atomic E-state index is 3.82. The van der Waals surface area contributed by atoms with Crippen LogP contribution in [0.1, 0.15) is 48.0 Å². The van der Waals surface area contributed by atoms with Crippen molar-refractivity contribution in [2.45, 2.75) is 48.0 Å². The number of allylic oxidation sites excluding steroid dienone is 1. The van der Waals surface area contributed by atoms with E-state index in [1.807, 2.05) is 6.08 Å². The molecule has 0 saturated heterocycles. The highest BCUT2D eigenvalue weighted by molar-refractivity contribution is 4.92. The average Bonchev–Trinajstić information content (AvgIpc) is 1.86. The van der Waals surface area contributed by atoms with Crippen LogP contribution in [0.25, 0.3) is 0 Å². The lowest BCUT2D eigenvalue weighted by atomic mass is 9.61. The summed E-state index contributed by atoms with van der Waals surface area (Å²) in [5, 5.41) is 0. The maximum absolute atomic E-state index is 3.82. The van der Waals surface area contributed by atoms with Gasteiger partial charge in [-0.25, -0.2) is 0 Å². The van der Waals surface area contributed by atoms with Crippen LogP contribution in [0.2, 0.25) is 0 Å². The van der Waals surface area contributed by atoms with Gasteiger partial charge in [-0.1, -0.05) is 47.6 Å². The minimum atomic E-state index is 0.350. The Bertz CT molecular complexity index is 149. The van der Waals surface area contributed by atoms with Gasteiger partial charge in [0.1, 0.15) is 0 Å². The van der Waals surface area contributed by atoms with Crippen LogP contribution in [0.3, 0.4) is 0 Å². The van der Waals surface area contributed by atoms with Crippen LogP contribution in [-0.4, -0.2) is 0 Å². The zero-order chi connectivity index (χ0) is 9.99. The lowest BCUT2D eigenvalue weighted by molar-refractivity contribution is 0.0587. The van der Waals surface area contributed by atoms with E-state index < -0.39 is 0 Å². The Morgan fingerprint density at radius 3 is 1.83 bits per heavy atom. The molecule has 0 fully saturated rings. The molecule has 0 nitrogen and oxygen atoms in total. The molecule has 0 aromatic rings. The molecule has 0 heterocycles. The van der Waals surface area contributed by atoms with Gasteiger partial charge < -0.3 is 0 Å². The standard InChI is InChI=1S/C12H24/c1-8-9-11(4,5)12(6,7)10(2)3/h8,10H,1,9H2,2-7H3. The summed E-state index contributed by atoms with van der Waals surface area (Å²) in [7, 11) is 0. The molecule has 12 heavy (non-hydrogen) atoms. The highest BCUT2D eigenvalue weighted by Crippen LogP contribution is 2.46. The second-order valence-corrected chi connectivity index (χ2v) is 5.25. The van der Waals surface area contributed by atoms with Crippen LogP contribution in [0.5, 0.6) is 0 Å². The summed E-state index contributed by atoms with van der Waals surface area (Å²) >= 11 is 0. The van der Waals surface area contributed by atoms with Crippen LogP contribution in [0.4, 0.5) is 0 Å². The first kappa shape index (κ1) is 11.7. The second kappa shape index (κ2) is 3.64. The van der Waals surface area contributed by atoms with E-state index in [1.54, 1.807) is 0 Å². The van der Waals surface area contributed by atoms with Gasteiger partial charge in [-0.15, -0.1) is 6.58 Å². The van der Waals surface area contributed by atoms with Crippen molar-refractivity contribution in [1.82, 2.24) is 0 Å². The van der Waals surface area contributed by atoms with Gasteiger partial charge in [0.15, 0.2) is 0 Å². The van der Waals surface area contributed by atoms with Crippen LogP contribution < -0.4 is 0 Å². The van der Waals surface area contributed by atoms with E-state index >= 15 is 0 Å². The van der Waals surface area contributed by atoms with Gasteiger partial charge in [0, 0.05) is 0 Å². The third kappa shape index (κ3) is 2.12. The Balaban J connectivity index is 4.61. The molecule has 0 aliphatic carbocycles. The van der Waals surface area contributed by atoms with E-state index in [2.05, 4.69) is 48.1 Å². The van der Waals surface area contributed by atoms with Gasteiger partial charge in [-0.05, 0) is 23.2 Å². The monoisotopic (exact) mass is 168 g/mol. The topological polar surface area (TPSA) is 0 Å². The van der Waals surface area contributed by atoms with E-state index in [-0.39, 0.29) is 0 Å². The summed E-state index contributed by atoms with van der Waals surface area (Å²) in [6.45, 7) is 17.8. The van der Waals surface area contributed by atoms with Crippen LogP contribution in [0.15, 0.2) is 12.7 Å². The predicted molar refractivity (Wildman–Crippen MR) is 57.2 cm³/mol. The Kier molecular flexibility index (Phi) is 3.56. The van der Waals surface area contributed by atoms with Gasteiger partial charge in [0.2, 0.25) is 0 Å². The fraction of sp³-hybridized carbons (Fsp3) is 0.833. The van der Waals surface area contributed by atoms with Gasteiger partial charge in [0.25, 0.3) is 0 Å². The summed E-state index contributed by atoms with van der Waals surface area (Å²) in [5.41, 5.74) is 0.726. The highest BCUT2D eigenvalue weighted by Gasteiger charge is 2.37. The van der Waals surface area contributed by atoms with E-state index in [0.717, 1.165) is 6.42 Å². The number of hydrogen-bond donors (Lipinski definition) is 0. The van der Waals surface area contributed by atoms with Gasteiger partial charge >= 0.3 is 0 Å². The molecule has 0 spiro atoms. The molecule has 0 amide bonds. The summed E-state index contributed by atoms with van der Waals surface area (Å²) in [6.07, 6.45) is 3.13. The normalized spacial score (nSPS) is 13.6. The molecule has 0 N–H and O–H groups in total. The zero-order valence-corrected chi connectivity index (χ0v) is 9.57. The van der Waals surface area contributed by atoms with E-state index in [9.17, 15) is 0 Å². The molecule has 0 bridgehead atoms. The number of hydrogen-bond acceptors (Lipinski definition) is 0. The van der Waals surface area contributed by atoms with E-state index in [4.69, 9.17) is 0 Å². The van der Waals surface area contributed by atoms with Crippen molar-refractivity contribution in [2.75, 3.05) is 0 Å². The summed E-state index contributed by atoms with van der Waals surface area (Å²) in [4.78, 5) is 0. The van der Waals surface area contributed by atoms with Crippen molar-refractivity contribution in [1.29, 1.82) is 0 Å². The minimum Gasteiger partial charge on any atom is -0.103 e. The first-order chi connectivity index (χ1) is 5.25. The summed E-state index contributed by atoms with van der Waals surface area (Å²) in [6, 6.07) is 0. The van der Waals surface area contributed by atoms with Crippen molar-refractivity contribution in [3.63, 3.8) is 0 Å². The summed E-state index contributed by atoms with van der Waals surface area (Å²) in [5.74, 6) is 0.715. The minimum absolute atomic E-state index is 0.350. The zero-order valence-electron chi connectivity index (χ0n) is 9.57. The molecule has 0 rings (SSSR count). The van der Waals surface area contributed by atoms with Crippen LogP contribution >= 0.6 is 0 Å². The second-order valence-electron chi connectivity index (χ2n) is 5.25. The third-order valence-corrected chi connectivity index (χ3v) is 3.84. The van der Waals surface area contributed by atoms with Crippen molar-refractivity contribution >= 4 is 0 Å². The Morgan fingerprint density at radius 1 is 1.17 bits per heavy atom. The molecule has 72 valence electrons. The number of rotatable bonds is 4. The molecule has 0 atom stereocenters. The SMILES string of the molecule is C=CCC(C)(C)C(C)(C)C(C)C. The Morgan fingerprint density at radius 2 is 1.58 bits per heavy atom. The largest absolute Gasteiger partial charge is 0.103 e. The molecule has 0 aromatic carbocycles. The molecule has 0 unspecified atom stereocenters. The molecular weight excluding hydrogens is 144 g/mol. The van der Waals surface area contributed by atoms with E-state index in [1.165, 1.54) is 0 Å². The molecular formula is C12H24. The van der Waals surface area contributed by atoms with Gasteiger partial charge in [-0.2, -0.15) is 0 Å². The highest BCUT2D eigenvalue weighted by atomic mass is 14.4. The van der Waals surface area contributed by atoms with Crippen molar-refractivity contribution in [2.24, 2.45) is 16.7 Å². The van der Waals surface area contributed by atoms with Gasteiger partial charge in [-0.3, -0.25) is 0 Å². The first-order valence-electron chi connectivity index (χ1n) is 4.86. The average molecular weight is 168 g/mol. The maximum Gasteiger partial charge on any atom is -0.0266 e. The molecule has 0 heteroatoms. The lowest BCUT2D eigenvalue weighted by Gasteiger charge is -2.44. The molecule has 0 saturated carbocycles. The third-order valence-electron chi connectivity index (χ3n) is 3.84. The molecule has 0 aliphatic heterocycles. The van der Waals surface area contributed by atoms with E-state index in [0.29, 0.717) is 16.7 Å². The quantitative estimate of drug-likeness (QED) is 0.550. The first-order valence-corrected chi connectivity index (χ1v) is 4.86. The Hall–Kier alpha value is -0.260. The van der Waals surface area contributed by atoms with Gasteiger partial charge in [0.05, 0.1) is 0 Å². The molecule has 0 aliphatic rings. The summed E-state index contributed by atoms with van der Waals surface area (Å²) < 4.78 is 0. The van der Waals surface area contributed by atoms with Crippen LogP contribution in [-0.2, 0) is 0 Å². The predicted octanol–water partition coefficient (Wildman–Crippen LogP) is 4.27. The smallest absolute Gasteiger partial charge is 0.0266 e. The fourth-order valence-electron chi connectivity index (χ4n) is 1.41. The molecule has 0 aromatic heterocycles. The fourth-order valence-corrected chi connectivity index (χ4v) is 1.41. The van der Waals surface area contributed by atoms with Crippen molar-refractivity contribution in [3.05, 3.63) is 12.7 Å². The van der Waals surface area contributed by atoms with Crippen LogP contribution in [0, 0.1) is 16.7 Å². The van der Waals surface area contributed by atoms with Crippen molar-refractivity contribution < 1.29 is 0 Å². The Labute approximate surface area is 78.1 Å². The molecule has 0 radical (unpaired) electrons. The van der Waals surface area contributed by atoms with Crippen molar-refractivity contribution in [3.8, 4) is 0 Å². The lowest BCUT2D eigenvalue weighted by Crippen LogP contribution is -2.36.